The molecule has 0 bridgehead atoms. The Morgan fingerprint density at radius 3 is 2.18 bits per heavy atom. The van der Waals surface area contributed by atoms with E-state index in [-0.39, 0.29) is 16.9 Å². The molecule has 1 saturated heterocycles. The van der Waals surface area contributed by atoms with Crippen LogP contribution in [-0.2, 0) is 6.42 Å². The first-order chi connectivity index (χ1) is 16.6. The van der Waals surface area contributed by atoms with E-state index in [1.54, 1.807) is 48.5 Å². The van der Waals surface area contributed by atoms with E-state index in [2.05, 4.69) is 22.8 Å². The zero-order valence-corrected chi connectivity index (χ0v) is 19.6. The molecule has 174 valence electrons. The number of rotatable bonds is 7. The van der Waals surface area contributed by atoms with Gasteiger partial charge in [-0.1, -0.05) is 30.3 Å². The lowest BCUT2D eigenvalue weighted by Gasteiger charge is -2.15. The maximum absolute atomic E-state index is 12.5. The third-order valence-corrected chi connectivity index (χ3v) is 5.83. The van der Waals surface area contributed by atoms with Crippen molar-refractivity contribution in [3.05, 3.63) is 95.6 Å². The Morgan fingerprint density at radius 2 is 1.50 bits per heavy atom. The smallest absolute Gasteiger partial charge is 0.257 e. The SMILES string of the molecule is O=C(NC(=S)Nc1ccc(C(=O)N2CCCC2)cc1)c1ccc(OCCc2ccccc2)cc1. The molecule has 6 nitrogen and oxygen atoms in total. The van der Waals surface area contributed by atoms with Crippen LogP contribution >= 0.6 is 12.2 Å². The number of likely N-dealkylation sites (tertiary alicyclic amines) is 1. The number of hydrogen-bond donors (Lipinski definition) is 2. The molecule has 0 radical (unpaired) electrons. The van der Waals surface area contributed by atoms with Gasteiger partial charge in [-0.3, -0.25) is 14.9 Å². The molecule has 0 spiro atoms. The number of amides is 2. The lowest BCUT2D eigenvalue weighted by molar-refractivity contribution is 0.0792. The topological polar surface area (TPSA) is 70.7 Å². The second-order valence-electron chi connectivity index (χ2n) is 8.09. The molecule has 0 aromatic heterocycles. The van der Waals surface area contributed by atoms with Crippen LogP contribution in [0.5, 0.6) is 5.75 Å². The van der Waals surface area contributed by atoms with Gasteiger partial charge in [-0.05, 0) is 79.2 Å². The van der Waals surface area contributed by atoms with Gasteiger partial charge in [0.25, 0.3) is 11.8 Å². The van der Waals surface area contributed by atoms with Crippen molar-refractivity contribution < 1.29 is 14.3 Å². The van der Waals surface area contributed by atoms with Crippen molar-refractivity contribution in [2.45, 2.75) is 19.3 Å². The molecular formula is C27H27N3O3S. The molecular weight excluding hydrogens is 446 g/mol. The van der Waals surface area contributed by atoms with Crippen LogP contribution in [0.4, 0.5) is 5.69 Å². The number of benzene rings is 3. The van der Waals surface area contributed by atoms with Crippen LogP contribution in [0.2, 0.25) is 0 Å². The minimum absolute atomic E-state index is 0.0485. The summed E-state index contributed by atoms with van der Waals surface area (Å²) in [5.74, 6) is 0.443. The van der Waals surface area contributed by atoms with E-state index in [0.717, 1.165) is 32.4 Å². The molecule has 0 saturated carbocycles. The number of anilines is 1. The van der Waals surface area contributed by atoms with Gasteiger partial charge in [-0.25, -0.2) is 0 Å². The van der Waals surface area contributed by atoms with Crippen LogP contribution in [0.3, 0.4) is 0 Å². The summed E-state index contributed by atoms with van der Waals surface area (Å²) >= 11 is 5.27. The standard InChI is InChI=1S/C27H27N3O3S/c31-25(21-10-14-24(15-11-21)33-19-16-20-6-2-1-3-7-20)29-27(34)28-23-12-8-22(9-13-23)26(32)30-17-4-5-18-30/h1-3,6-15H,4-5,16-19H2,(H2,28,29,31,34). The molecule has 1 heterocycles. The summed E-state index contributed by atoms with van der Waals surface area (Å²) in [4.78, 5) is 26.8. The summed E-state index contributed by atoms with van der Waals surface area (Å²) in [7, 11) is 0. The van der Waals surface area contributed by atoms with Gasteiger partial charge >= 0.3 is 0 Å². The first-order valence-corrected chi connectivity index (χ1v) is 11.8. The van der Waals surface area contributed by atoms with Crippen molar-refractivity contribution in [2.24, 2.45) is 0 Å². The molecule has 0 atom stereocenters. The van der Waals surface area contributed by atoms with Gasteiger partial charge in [-0.2, -0.15) is 0 Å². The number of thiocarbonyl (C=S) groups is 1. The van der Waals surface area contributed by atoms with E-state index in [1.807, 2.05) is 23.1 Å². The van der Waals surface area contributed by atoms with Crippen LogP contribution in [0.1, 0.15) is 39.1 Å². The predicted molar refractivity (Wildman–Crippen MR) is 137 cm³/mol. The Hall–Kier alpha value is -3.71. The maximum Gasteiger partial charge on any atom is 0.257 e. The fraction of sp³-hybridized carbons (Fsp3) is 0.222. The molecule has 3 aromatic carbocycles. The van der Waals surface area contributed by atoms with E-state index >= 15 is 0 Å². The second kappa shape index (κ2) is 11.4. The number of hydrogen-bond acceptors (Lipinski definition) is 4. The van der Waals surface area contributed by atoms with E-state index < -0.39 is 0 Å². The highest BCUT2D eigenvalue weighted by Crippen LogP contribution is 2.16. The molecule has 0 unspecified atom stereocenters. The number of ether oxygens (including phenoxy) is 1. The molecule has 3 aromatic rings. The van der Waals surface area contributed by atoms with Crippen molar-refractivity contribution in [2.75, 3.05) is 25.0 Å². The quantitative estimate of drug-likeness (QED) is 0.488. The van der Waals surface area contributed by atoms with E-state index in [9.17, 15) is 9.59 Å². The highest BCUT2D eigenvalue weighted by atomic mass is 32.1. The van der Waals surface area contributed by atoms with E-state index in [4.69, 9.17) is 17.0 Å². The average molecular weight is 474 g/mol. The molecule has 7 heteroatoms. The van der Waals surface area contributed by atoms with Crippen molar-refractivity contribution in [3.63, 3.8) is 0 Å². The van der Waals surface area contributed by atoms with Crippen molar-refractivity contribution in [3.8, 4) is 5.75 Å². The van der Waals surface area contributed by atoms with Gasteiger partial charge in [0, 0.05) is 36.3 Å². The molecule has 1 fully saturated rings. The summed E-state index contributed by atoms with van der Waals surface area (Å²) < 4.78 is 5.77. The maximum atomic E-state index is 12.5. The Balaban J connectivity index is 1.23. The van der Waals surface area contributed by atoms with Gasteiger partial charge in [0.05, 0.1) is 6.61 Å². The van der Waals surface area contributed by atoms with Crippen molar-refractivity contribution in [1.82, 2.24) is 10.2 Å². The summed E-state index contributed by atoms with van der Waals surface area (Å²) in [5.41, 5.74) is 3.04. The first-order valence-electron chi connectivity index (χ1n) is 11.4. The van der Waals surface area contributed by atoms with Crippen LogP contribution in [-0.4, -0.2) is 41.5 Å². The first kappa shape index (κ1) is 23.4. The van der Waals surface area contributed by atoms with Crippen molar-refractivity contribution in [1.29, 1.82) is 0 Å². The summed E-state index contributed by atoms with van der Waals surface area (Å²) in [5, 5.41) is 5.85. The fourth-order valence-electron chi connectivity index (χ4n) is 3.77. The van der Waals surface area contributed by atoms with E-state index in [0.29, 0.717) is 29.2 Å². The molecule has 1 aliphatic heterocycles. The van der Waals surface area contributed by atoms with Gasteiger partial charge in [-0.15, -0.1) is 0 Å². The van der Waals surface area contributed by atoms with Crippen LogP contribution in [0.15, 0.2) is 78.9 Å². The Labute approximate surface area is 204 Å². The molecule has 0 aliphatic carbocycles. The molecule has 2 N–H and O–H groups in total. The predicted octanol–water partition coefficient (Wildman–Crippen LogP) is 4.67. The zero-order valence-electron chi connectivity index (χ0n) is 18.8. The highest BCUT2D eigenvalue weighted by molar-refractivity contribution is 7.80. The van der Waals surface area contributed by atoms with Gasteiger partial charge < -0.3 is 15.0 Å². The fourth-order valence-corrected chi connectivity index (χ4v) is 3.98. The molecule has 4 rings (SSSR count). The molecule has 2 amide bonds. The summed E-state index contributed by atoms with van der Waals surface area (Å²) in [6.45, 7) is 2.19. The average Bonchev–Trinajstić information content (AvgIpc) is 3.40. The molecule has 1 aliphatic rings. The number of carbonyl (C=O) groups is 2. The number of nitrogens with one attached hydrogen (secondary N) is 2. The number of carbonyl (C=O) groups excluding carboxylic acids is 2. The largest absolute Gasteiger partial charge is 0.493 e. The van der Waals surface area contributed by atoms with E-state index in [1.165, 1.54) is 5.56 Å². The highest BCUT2D eigenvalue weighted by Gasteiger charge is 2.19. The van der Waals surface area contributed by atoms with Crippen LogP contribution in [0.25, 0.3) is 0 Å². The zero-order chi connectivity index (χ0) is 23.8. The lowest BCUT2D eigenvalue weighted by atomic mass is 10.2. The van der Waals surface area contributed by atoms with Gasteiger partial charge in [0.15, 0.2) is 5.11 Å². The summed E-state index contributed by atoms with van der Waals surface area (Å²) in [6, 6.07) is 24.2. The Morgan fingerprint density at radius 1 is 0.853 bits per heavy atom. The lowest BCUT2D eigenvalue weighted by Crippen LogP contribution is -2.34. The normalized spacial score (nSPS) is 12.8. The monoisotopic (exact) mass is 473 g/mol. The second-order valence-corrected chi connectivity index (χ2v) is 8.50. The van der Waals surface area contributed by atoms with Crippen LogP contribution in [0, 0.1) is 0 Å². The van der Waals surface area contributed by atoms with Gasteiger partial charge in [0.2, 0.25) is 0 Å². The Kier molecular flexibility index (Phi) is 7.88. The van der Waals surface area contributed by atoms with Gasteiger partial charge in [0.1, 0.15) is 5.75 Å². The molecule has 34 heavy (non-hydrogen) atoms. The number of nitrogens with zero attached hydrogens (tertiary/aromatic N) is 1. The van der Waals surface area contributed by atoms with Crippen LogP contribution < -0.4 is 15.4 Å². The summed E-state index contributed by atoms with van der Waals surface area (Å²) in [6.07, 6.45) is 2.93. The third kappa shape index (κ3) is 6.42. The Bertz CT molecular complexity index is 1130. The minimum Gasteiger partial charge on any atom is -0.493 e. The third-order valence-electron chi connectivity index (χ3n) is 5.63. The van der Waals surface area contributed by atoms with Crippen molar-refractivity contribution >= 4 is 34.8 Å². The minimum atomic E-state index is -0.311.